The van der Waals surface area contributed by atoms with Gasteiger partial charge in [-0.3, -0.25) is 10.1 Å². The van der Waals surface area contributed by atoms with Crippen molar-refractivity contribution in [1.82, 2.24) is 15.0 Å². The van der Waals surface area contributed by atoms with Crippen LogP contribution in [0, 0.1) is 17.0 Å². The molecule has 8 nitrogen and oxygen atoms in total. The number of carbonyl (C=O) groups is 1. The zero-order valence-corrected chi connectivity index (χ0v) is 11.0. The summed E-state index contributed by atoms with van der Waals surface area (Å²) in [6.07, 6.45) is 4.21. The summed E-state index contributed by atoms with van der Waals surface area (Å²) in [5.74, 6) is -1.27. The Bertz CT molecular complexity index is 675. The summed E-state index contributed by atoms with van der Waals surface area (Å²) in [7, 11) is 0. The van der Waals surface area contributed by atoms with Gasteiger partial charge in [-0.2, -0.15) is 0 Å². The summed E-state index contributed by atoms with van der Waals surface area (Å²) in [4.78, 5) is 32.9. The van der Waals surface area contributed by atoms with E-state index in [1.54, 1.807) is 12.4 Å². The average molecular weight is 292 g/mol. The maximum atomic E-state index is 11.0. The van der Waals surface area contributed by atoms with Crippen molar-refractivity contribution < 1.29 is 14.8 Å². The number of nitro groups is 1. The van der Waals surface area contributed by atoms with Gasteiger partial charge in [0, 0.05) is 24.7 Å². The number of nitrogens with zero attached hydrogens (tertiary/aromatic N) is 4. The normalized spacial score (nSPS) is 10.2. The SMILES string of the molecule is Cc1cnc(Sc2ncc(C(=O)O)cc2[N+](=O)[O-])nc1. The van der Waals surface area contributed by atoms with Crippen LogP contribution in [0.1, 0.15) is 15.9 Å². The van der Waals surface area contributed by atoms with Crippen LogP contribution >= 0.6 is 11.8 Å². The Labute approximate surface area is 117 Å². The van der Waals surface area contributed by atoms with Gasteiger partial charge in [-0.15, -0.1) is 0 Å². The van der Waals surface area contributed by atoms with E-state index in [1.165, 1.54) is 0 Å². The van der Waals surface area contributed by atoms with Gasteiger partial charge in [0.1, 0.15) is 0 Å². The zero-order valence-electron chi connectivity index (χ0n) is 10.2. The molecule has 0 saturated heterocycles. The maximum Gasteiger partial charge on any atom is 0.337 e. The van der Waals surface area contributed by atoms with Gasteiger partial charge in [0.2, 0.25) is 0 Å². The highest BCUT2D eigenvalue weighted by Gasteiger charge is 2.20. The molecule has 2 rings (SSSR count). The van der Waals surface area contributed by atoms with Crippen molar-refractivity contribution in [3.63, 3.8) is 0 Å². The fourth-order valence-corrected chi connectivity index (χ4v) is 2.01. The summed E-state index contributed by atoms with van der Waals surface area (Å²) in [5, 5.41) is 20.1. The summed E-state index contributed by atoms with van der Waals surface area (Å²) in [6.45, 7) is 1.82. The second-order valence-corrected chi connectivity index (χ2v) is 4.71. The van der Waals surface area contributed by atoms with Crippen LogP contribution in [-0.4, -0.2) is 31.0 Å². The number of carboxylic acids is 1. The van der Waals surface area contributed by atoms with Gasteiger partial charge in [-0.1, -0.05) is 0 Å². The number of carboxylic acid groups (broad SMARTS) is 1. The summed E-state index contributed by atoms with van der Waals surface area (Å²) in [5.41, 5.74) is 0.225. The third-order valence-electron chi connectivity index (χ3n) is 2.22. The second-order valence-electron chi connectivity index (χ2n) is 3.76. The summed E-state index contributed by atoms with van der Waals surface area (Å²) in [6, 6.07) is 0.964. The van der Waals surface area contributed by atoms with Crippen LogP contribution in [0.5, 0.6) is 0 Å². The standard InChI is InChI=1S/C11H8N4O4S/c1-6-3-13-11(14-4-6)20-9-8(15(18)19)2-7(5-12-9)10(16)17/h2-5H,1H3,(H,16,17). The molecule has 0 aliphatic rings. The van der Waals surface area contributed by atoms with Crippen molar-refractivity contribution in [2.24, 2.45) is 0 Å². The van der Waals surface area contributed by atoms with Gasteiger partial charge in [0.25, 0.3) is 0 Å². The first-order valence-electron chi connectivity index (χ1n) is 5.31. The summed E-state index contributed by atoms with van der Waals surface area (Å²) < 4.78 is 0. The molecule has 0 saturated carbocycles. The largest absolute Gasteiger partial charge is 0.478 e. The topological polar surface area (TPSA) is 119 Å². The lowest BCUT2D eigenvalue weighted by molar-refractivity contribution is -0.388. The number of hydrogen-bond donors (Lipinski definition) is 1. The third kappa shape index (κ3) is 3.06. The first-order valence-corrected chi connectivity index (χ1v) is 6.13. The van der Waals surface area contributed by atoms with E-state index >= 15 is 0 Å². The first kappa shape index (κ1) is 13.9. The van der Waals surface area contributed by atoms with Crippen molar-refractivity contribution in [1.29, 1.82) is 0 Å². The predicted molar refractivity (Wildman–Crippen MR) is 68.7 cm³/mol. The molecule has 20 heavy (non-hydrogen) atoms. The molecule has 0 radical (unpaired) electrons. The van der Waals surface area contributed by atoms with E-state index in [0.29, 0.717) is 5.16 Å². The van der Waals surface area contributed by atoms with Crippen LogP contribution in [0.25, 0.3) is 0 Å². The predicted octanol–water partition coefficient (Wildman–Crippen LogP) is 1.94. The number of hydrogen-bond acceptors (Lipinski definition) is 7. The van der Waals surface area contributed by atoms with Crippen LogP contribution in [0.3, 0.4) is 0 Å². The van der Waals surface area contributed by atoms with Gasteiger partial charge in [-0.05, 0) is 24.2 Å². The van der Waals surface area contributed by atoms with Crippen molar-refractivity contribution >= 4 is 23.4 Å². The summed E-state index contributed by atoms with van der Waals surface area (Å²) >= 11 is 0.904. The average Bonchev–Trinajstić information content (AvgIpc) is 2.41. The lowest BCUT2D eigenvalue weighted by atomic mass is 10.3. The molecule has 0 amide bonds. The Morgan fingerprint density at radius 3 is 2.50 bits per heavy atom. The van der Waals surface area contributed by atoms with E-state index in [9.17, 15) is 14.9 Å². The van der Waals surface area contributed by atoms with Crippen molar-refractivity contribution in [3.8, 4) is 0 Å². The lowest BCUT2D eigenvalue weighted by Gasteiger charge is -2.02. The number of aromatic nitrogens is 3. The molecule has 1 N–H and O–H groups in total. The molecular formula is C11H8N4O4S. The van der Waals surface area contributed by atoms with Gasteiger partial charge in [0.05, 0.1) is 10.5 Å². The molecule has 2 aromatic rings. The fraction of sp³-hybridized carbons (Fsp3) is 0.0909. The number of pyridine rings is 1. The Morgan fingerprint density at radius 2 is 1.95 bits per heavy atom. The van der Waals surface area contributed by atoms with Crippen molar-refractivity contribution in [3.05, 3.63) is 45.9 Å². The van der Waals surface area contributed by atoms with Gasteiger partial charge >= 0.3 is 11.7 Å². The van der Waals surface area contributed by atoms with Crippen molar-refractivity contribution in [2.45, 2.75) is 17.1 Å². The molecule has 2 heterocycles. The van der Waals surface area contributed by atoms with E-state index in [2.05, 4.69) is 15.0 Å². The highest BCUT2D eigenvalue weighted by molar-refractivity contribution is 7.99. The van der Waals surface area contributed by atoms with Crippen LogP contribution in [0.4, 0.5) is 5.69 Å². The van der Waals surface area contributed by atoms with Crippen LogP contribution in [0.2, 0.25) is 0 Å². The minimum Gasteiger partial charge on any atom is -0.478 e. The van der Waals surface area contributed by atoms with E-state index in [1.807, 2.05) is 6.92 Å². The van der Waals surface area contributed by atoms with E-state index in [-0.39, 0.29) is 16.3 Å². The van der Waals surface area contributed by atoms with Gasteiger partial charge < -0.3 is 5.11 Å². The second kappa shape index (κ2) is 5.61. The Balaban J connectivity index is 2.38. The number of aromatic carboxylic acids is 1. The first-order chi connectivity index (χ1) is 9.47. The molecule has 0 aromatic carbocycles. The molecule has 2 aromatic heterocycles. The van der Waals surface area contributed by atoms with Crippen LogP contribution < -0.4 is 0 Å². The van der Waals surface area contributed by atoms with E-state index in [4.69, 9.17) is 5.11 Å². The van der Waals surface area contributed by atoms with E-state index in [0.717, 1.165) is 29.6 Å². The zero-order chi connectivity index (χ0) is 14.7. The molecule has 0 fully saturated rings. The Hall–Kier alpha value is -2.55. The van der Waals surface area contributed by atoms with Gasteiger partial charge in [-0.25, -0.2) is 19.7 Å². The maximum absolute atomic E-state index is 11.0. The Morgan fingerprint density at radius 1 is 1.30 bits per heavy atom. The molecule has 0 unspecified atom stereocenters. The van der Waals surface area contributed by atoms with Crippen LogP contribution in [-0.2, 0) is 0 Å². The smallest absolute Gasteiger partial charge is 0.337 e. The molecule has 0 aliphatic carbocycles. The Kier molecular flexibility index (Phi) is 3.89. The molecule has 0 spiro atoms. The quantitative estimate of drug-likeness (QED) is 0.515. The highest BCUT2D eigenvalue weighted by atomic mass is 32.2. The molecule has 0 aliphatic heterocycles. The van der Waals surface area contributed by atoms with E-state index < -0.39 is 10.9 Å². The van der Waals surface area contributed by atoms with Gasteiger partial charge in [0.15, 0.2) is 10.2 Å². The molecule has 9 heteroatoms. The molecule has 0 bridgehead atoms. The number of aryl methyl sites for hydroxylation is 1. The molecule has 102 valence electrons. The third-order valence-corrected chi connectivity index (χ3v) is 3.12. The fourth-order valence-electron chi connectivity index (χ4n) is 1.29. The lowest BCUT2D eigenvalue weighted by Crippen LogP contribution is -2.01. The monoisotopic (exact) mass is 292 g/mol. The van der Waals surface area contributed by atoms with Crippen LogP contribution in [0.15, 0.2) is 34.8 Å². The minimum atomic E-state index is -1.27. The molecule has 0 atom stereocenters. The molecular weight excluding hydrogens is 284 g/mol. The number of rotatable bonds is 4. The van der Waals surface area contributed by atoms with Crippen molar-refractivity contribution in [2.75, 3.05) is 0 Å². The minimum absolute atomic E-state index is 0.0452. The highest BCUT2D eigenvalue weighted by Crippen LogP contribution is 2.31.